The molecule has 1 aliphatic heterocycles. The SMILES string of the molecule is O=S(=O)(O)O[C@H]1CO[C@H](CO)[C@H](O)[C@@H]1O. The first-order chi connectivity index (χ1) is 6.85. The van der Waals surface area contributed by atoms with Gasteiger partial charge in [-0.25, -0.2) is 4.18 Å². The number of aliphatic hydroxyl groups excluding tert-OH is 3. The highest BCUT2D eigenvalue weighted by Gasteiger charge is 2.40. The van der Waals surface area contributed by atoms with Crippen LogP contribution in [0.5, 0.6) is 0 Å². The average Bonchev–Trinajstić information content (AvgIpc) is 2.11. The van der Waals surface area contributed by atoms with E-state index in [9.17, 15) is 18.6 Å². The van der Waals surface area contributed by atoms with Gasteiger partial charge >= 0.3 is 10.4 Å². The van der Waals surface area contributed by atoms with E-state index >= 15 is 0 Å². The standard InChI is InChI=1S/C6H12O8S/c7-1-3-5(8)6(9)4(2-13-3)14-15(10,11)12/h3-9H,1-2H2,(H,10,11,12)/t3-,4+,5+,6-/m1/s1. The Morgan fingerprint density at radius 2 is 1.93 bits per heavy atom. The molecule has 0 amide bonds. The van der Waals surface area contributed by atoms with Gasteiger partial charge in [-0.1, -0.05) is 0 Å². The molecule has 0 aromatic heterocycles. The second-order valence-corrected chi connectivity index (χ2v) is 4.15. The van der Waals surface area contributed by atoms with E-state index < -0.39 is 41.4 Å². The van der Waals surface area contributed by atoms with Crippen LogP contribution in [0.15, 0.2) is 0 Å². The largest absolute Gasteiger partial charge is 0.397 e. The quantitative estimate of drug-likeness (QED) is 0.394. The Labute approximate surface area is 86.0 Å². The highest BCUT2D eigenvalue weighted by atomic mass is 32.3. The molecule has 1 saturated heterocycles. The summed E-state index contributed by atoms with van der Waals surface area (Å²) in [6.45, 7) is -0.875. The van der Waals surface area contributed by atoms with Gasteiger partial charge in [0, 0.05) is 0 Å². The topological polar surface area (TPSA) is 134 Å². The average molecular weight is 244 g/mol. The van der Waals surface area contributed by atoms with Crippen LogP contribution < -0.4 is 0 Å². The van der Waals surface area contributed by atoms with Gasteiger partial charge < -0.3 is 20.1 Å². The molecule has 0 spiro atoms. The van der Waals surface area contributed by atoms with Gasteiger partial charge in [-0.2, -0.15) is 8.42 Å². The van der Waals surface area contributed by atoms with Crippen molar-refractivity contribution < 1.29 is 37.2 Å². The Balaban J connectivity index is 2.64. The monoisotopic (exact) mass is 244 g/mol. The van der Waals surface area contributed by atoms with Crippen molar-refractivity contribution in [1.82, 2.24) is 0 Å². The summed E-state index contributed by atoms with van der Waals surface area (Å²) in [6, 6.07) is 0. The number of hydrogen-bond donors (Lipinski definition) is 4. The summed E-state index contributed by atoms with van der Waals surface area (Å²) in [6.07, 6.45) is -5.42. The van der Waals surface area contributed by atoms with Gasteiger partial charge in [0.15, 0.2) is 0 Å². The predicted molar refractivity (Wildman–Crippen MR) is 45.3 cm³/mol. The summed E-state index contributed by atoms with van der Waals surface area (Å²) >= 11 is 0. The molecule has 90 valence electrons. The van der Waals surface area contributed by atoms with Crippen LogP contribution >= 0.6 is 0 Å². The molecule has 0 saturated carbocycles. The van der Waals surface area contributed by atoms with Crippen molar-refractivity contribution in [1.29, 1.82) is 0 Å². The Hall–Kier alpha value is -0.290. The maximum Gasteiger partial charge on any atom is 0.397 e. The van der Waals surface area contributed by atoms with Gasteiger partial charge in [-0.3, -0.25) is 4.55 Å². The molecule has 0 aliphatic carbocycles. The lowest BCUT2D eigenvalue weighted by molar-refractivity contribution is -0.189. The summed E-state index contributed by atoms with van der Waals surface area (Å²) in [5, 5.41) is 27.4. The van der Waals surface area contributed by atoms with E-state index in [0.29, 0.717) is 0 Å². The molecule has 1 aliphatic rings. The predicted octanol–water partition coefficient (Wildman–Crippen LogP) is -2.71. The molecular formula is C6H12O8S. The first-order valence-electron chi connectivity index (χ1n) is 4.09. The lowest BCUT2D eigenvalue weighted by atomic mass is 10.0. The fourth-order valence-corrected chi connectivity index (χ4v) is 1.74. The summed E-state index contributed by atoms with van der Waals surface area (Å²) in [4.78, 5) is 0. The molecule has 1 rings (SSSR count). The third-order valence-corrected chi connectivity index (χ3v) is 2.50. The number of hydrogen-bond acceptors (Lipinski definition) is 7. The minimum Gasteiger partial charge on any atom is -0.394 e. The number of ether oxygens (including phenoxy) is 1. The van der Waals surface area contributed by atoms with Gasteiger partial charge in [-0.05, 0) is 0 Å². The van der Waals surface area contributed by atoms with Gasteiger partial charge in [-0.15, -0.1) is 0 Å². The lowest BCUT2D eigenvalue weighted by Crippen LogP contribution is -2.55. The Morgan fingerprint density at radius 1 is 1.33 bits per heavy atom. The van der Waals surface area contributed by atoms with Gasteiger partial charge in [0.1, 0.15) is 24.4 Å². The molecular weight excluding hydrogens is 232 g/mol. The van der Waals surface area contributed by atoms with Crippen molar-refractivity contribution in [3.05, 3.63) is 0 Å². The van der Waals surface area contributed by atoms with Crippen molar-refractivity contribution in [3.63, 3.8) is 0 Å². The van der Waals surface area contributed by atoms with Crippen molar-refractivity contribution in [3.8, 4) is 0 Å². The molecule has 1 heterocycles. The smallest absolute Gasteiger partial charge is 0.394 e. The molecule has 0 unspecified atom stereocenters. The molecule has 0 radical (unpaired) electrons. The third kappa shape index (κ3) is 3.34. The van der Waals surface area contributed by atoms with Crippen molar-refractivity contribution >= 4 is 10.4 Å². The molecule has 15 heavy (non-hydrogen) atoms. The van der Waals surface area contributed by atoms with Gasteiger partial charge in [0.05, 0.1) is 13.2 Å². The van der Waals surface area contributed by atoms with Crippen LogP contribution in [0.1, 0.15) is 0 Å². The fraction of sp³-hybridized carbons (Fsp3) is 1.00. The molecule has 0 aromatic rings. The molecule has 8 nitrogen and oxygen atoms in total. The van der Waals surface area contributed by atoms with E-state index in [0.717, 1.165) is 0 Å². The maximum absolute atomic E-state index is 10.3. The van der Waals surface area contributed by atoms with E-state index in [1.165, 1.54) is 0 Å². The van der Waals surface area contributed by atoms with Gasteiger partial charge in [0.2, 0.25) is 0 Å². The van der Waals surface area contributed by atoms with Crippen LogP contribution in [0.4, 0.5) is 0 Å². The Bertz CT molecular complexity index is 300. The normalized spacial score (nSPS) is 37.9. The van der Waals surface area contributed by atoms with E-state index in [2.05, 4.69) is 4.18 Å². The second-order valence-electron chi connectivity index (χ2n) is 3.10. The summed E-state index contributed by atoms with van der Waals surface area (Å²) < 4.78 is 37.9. The van der Waals surface area contributed by atoms with Crippen LogP contribution in [-0.4, -0.2) is 65.9 Å². The zero-order valence-electron chi connectivity index (χ0n) is 7.55. The van der Waals surface area contributed by atoms with E-state index in [4.69, 9.17) is 14.4 Å². The summed E-state index contributed by atoms with van der Waals surface area (Å²) in [5.74, 6) is 0. The number of rotatable bonds is 3. The van der Waals surface area contributed by atoms with Crippen molar-refractivity contribution in [2.24, 2.45) is 0 Å². The molecule has 0 aromatic carbocycles. The first-order valence-corrected chi connectivity index (χ1v) is 5.46. The van der Waals surface area contributed by atoms with Crippen LogP contribution in [0.3, 0.4) is 0 Å². The van der Waals surface area contributed by atoms with Crippen LogP contribution in [0.25, 0.3) is 0 Å². The number of aliphatic hydroxyl groups is 3. The van der Waals surface area contributed by atoms with E-state index in [1.54, 1.807) is 0 Å². The molecule has 0 bridgehead atoms. The summed E-state index contributed by atoms with van der Waals surface area (Å²) in [5.41, 5.74) is 0. The fourth-order valence-electron chi connectivity index (χ4n) is 1.26. The minimum absolute atomic E-state index is 0.358. The van der Waals surface area contributed by atoms with E-state index in [1.807, 2.05) is 0 Å². The highest BCUT2D eigenvalue weighted by molar-refractivity contribution is 7.80. The maximum atomic E-state index is 10.3. The Morgan fingerprint density at radius 3 is 2.40 bits per heavy atom. The molecule has 9 heteroatoms. The van der Waals surface area contributed by atoms with Crippen molar-refractivity contribution in [2.45, 2.75) is 24.4 Å². The summed E-state index contributed by atoms with van der Waals surface area (Å²) in [7, 11) is -4.72. The van der Waals surface area contributed by atoms with Crippen LogP contribution in [0, 0.1) is 0 Å². The van der Waals surface area contributed by atoms with Crippen molar-refractivity contribution in [2.75, 3.05) is 13.2 Å². The van der Waals surface area contributed by atoms with Crippen LogP contribution in [0.2, 0.25) is 0 Å². The Kier molecular flexibility index (Phi) is 4.00. The molecule has 4 N–H and O–H groups in total. The zero-order chi connectivity index (χ0) is 11.6. The zero-order valence-corrected chi connectivity index (χ0v) is 8.37. The minimum atomic E-state index is -4.72. The van der Waals surface area contributed by atoms with Crippen LogP contribution in [-0.2, 0) is 19.3 Å². The third-order valence-electron chi connectivity index (χ3n) is 2.01. The van der Waals surface area contributed by atoms with E-state index in [-0.39, 0.29) is 6.61 Å². The lowest BCUT2D eigenvalue weighted by Gasteiger charge is -2.35. The highest BCUT2D eigenvalue weighted by Crippen LogP contribution is 2.18. The second kappa shape index (κ2) is 4.70. The molecule has 1 fully saturated rings. The first kappa shape index (κ1) is 12.8. The van der Waals surface area contributed by atoms with Gasteiger partial charge in [0.25, 0.3) is 0 Å². The molecule has 4 atom stereocenters.